The minimum absolute atomic E-state index is 0.124. The Morgan fingerprint density at radius 2 is 2.16 bits per heavy atom. The molecule has 1 unspecified atom stereocenters. The number of amides is 2. The lowest BCUT2D eigenvalue weighted by Gasteiger charge is -2.32. The van der Waals surface area contributed by atoms with Crippen molar-refractivity contribution < 1.29 is 24.4 Å². The Morgan fingerprint density at radius 3 is 2.72 bits per heavy atom. The molecule has 1 aliphatic heterocycles. The van der Waals surface area contributed by atoms with Crippen molar-refractivity contribution in [3.05, 3.63) is 27.8 Å². The first kappa shape index (κ1) is 18.3. The predicted octanol–water partition coefficient (Wildman–Crippen LogP) is 1.52. The summed E-state index contributed by atoms with van der Waals surface area (Å²) in [4.78, 5) is 35.7. The maximum atomic E-state index is 12.7. The van der Waals surface area contributed by atoms with Gasteiger partial charge in [-0.3, -0.25) is 14.9 Å². The number of nitrogens with one attached hydrogen (secondary N) is 2. The predicted molar refractivity (Wildman–Crippen MR) is 89.3 cm³/mol. The van der Waals surface area contributed by atoms with Crippen molar-refractivity contribution in [3.63, 3.8) is 0 Å². The molecule has 1 atom stereocenters. The smallest absolute Gasteiger partial charge is 0.404 e. The molecule has 1 saturated heterocycles. The van der Waals surface area contributed by atoms with Crippen LogP contribution in [0.4, 0.5) is 16.2 Å². The average molecular weight is 352 g/mol. The van der Waals surface area contributed by atoms with E-state index in [1.54, 1.807) is 0 Å². The van der Waals surface area contributed by atoms with Crippen LogP contribution in [0.3, 0.4) is 0 Å². The average Bonchev–Trinajstić information content (AvgIpc) is 2.59. The molecule has 10 nitrogen and oxygen atoms in total. The third kappa shape index (κ3) is 4.08. The lowest BCUT2D eigenvalue weighted by Crippen LogP contribution is -2.49. The van der Waals surface area contributed by atoms with Crippen LogP contribution in [0.1, 0.15) is 23.2 Å². The van der Waals surface area contributed by atoms with E-state index in [0.717, 1.165) is 0 Å². The number of carbonyl (C=O) groups excluding carboxylic acids is 1. The molecule has 2 amide bonds. The van der Waals surface area contributed by atoms with Gasteiger partial charge in [-0.2, -0.15) is 0 Å². The van der Waals surface area contributed by atoms with Crippen molar-refractivity contribution in [2.45, 2.75) is 18.9 Å². The fourth-order valence-corrected chi connectivity index (χ4v) is 2.92. The summed E-state index contributed by atoms with van der Waals surface area (Å²) in [6, 6.07) is 2.28. The molecule has 3 N–H and O–H groups in total. The van der Waals surface area contributed by atoms with Gasteiger partial charge in [0.2, 0.25) is 0 Å². The summed E-state index contributed by atoms with van der Waals surface area (Å²) in [6.45, 7) is 0.676. The highest BCUT2D eigenvalue weighted by Gasteiger charge is 2.28. The SMILES string of the molecule is CNc1c(OC)cc(C(=O)N2CCCC(NC(=O)O)C2)cc1[N+](=O)[O-]. The van der Waals surface area contributed by atoms with Crippen molar-refractivity contribution in [1.29, 1.82) is 0 Å². The molecule has 0 aromatic heterocycles. The third-order valence-electron chi connectivity index (χ3n) is 4.03. The topological polar surface area (TPSA) is 134 Å². The number of piperidine rings is 1. The second-order valence-corrected chi connectivity index (χ2v) is 5.62. The lowest BCUT2D eigenvalue weighted by atomic mass is 10.0. The third-order valence-corrected chi connectivity index (χ3v) is 4.03. The van der Waals surface area contributed by atoms with Crippen molar-refractivity contribution in [3.8, 4) is 5.75 Å². The van der Waals surface area contributed by atoms with E-state index >= 15 is 0 Å². The van der Waals surface area contributed by atoms with E-state index < -0.39 is 16.9 Å². The number of hydrogen-bond acceptors (Lipinski definition) is 6. The lowest BCUT2D eigenvalue weighted by molar-refractivity contribution is -0.384. The van der Waals surface area contributed by atoms with Crippen LogP contribution in [0, 0.1) is 10.1 Å². The molecular weight excluding hydrogens is 332 g/mol. The number of anilines is 1. The maximum Gasteiger partial charge on any atom is 0.404 e. The first-order chi connectivity index (χ1) is 11.9. The highest BCUT2D eigenvalue weighted by Crippen LogP contribution is 2.36. The summed E-state index contributed by atoms with van der Waals surface area (Å²) in [5, 5.41) is 25.2. The Hall–Kier alpha value is -3.04. The molecule has 0 spiro atoms. The molecule has 1 fully saturated rings. The fourth-order valence-electron chi connectivity index (χ4n) is 2.92. The number of hydrogen-bond donors (Lipinski definition) is 3. The number of rotatable bonds is 5. The van der Waals surface area contributed by atoms with E-state index in [0.29, 0.717) is 19.4 Å². The Bertz CT molecular complexity index is 693. The van der Waals surface area contributed by atoms with E-state index in [1.165, 1.54) is 31.2 Å². The van der Waals surface area contributed by atoms with Crippen molar-refractivity contribution in [1.82, 2.24) is 10.2 Å². The molecule has 2 rings (SSSR count). The van der Waals surface area contributed by atoms with Gasteiger partial charge in [-0.05, 0) is 18.9 Å². The first-order valence-corrected chi connectivity index (χ1v) is 7.70. The summed E-state index contributed by atoms with van der Waals surface area (Å²) in [5.74, 6) is -0.210. The van der Waals surface area contributed by atoms with E-state index in [4.69, 9.17) is 9.84 Å². The largest absolute Gasteiger partial charge is 0.494 e. The molecule has 0 saturated carbocycles. The normalized spacial score (nSPS) is 16.9. The molecule has 10 heteroatoms. The van der Waals surface area contributed by atoms with E-state index in [-0.39, 0.29) is 35.3 Å². The monoisotopic (exact) mass is 352 g/mol. The van der Waals surface area contributed by atoms with Gasteiger partial charge in [0.25, 0.3) is 11.6 Å². The van der Waals surface area contributed by atoms with Crippen molar-refractivity contribution in [2.24, 2.45) is 0 Å². The summed E-state index contributed by atoms with van der Waals surface area (Å²) in [6.07, 6.45) is 0.137. The molecule has 0 radical (unpaired) electrons. The Morgan fingerprint density at radius 1 is 1.44 bits per heavy atom. The Labute approximate surface area is 143 Å². The van der Waals surface area contributed by atoms with Gasteiger partial charge in [-0.25, -0.2) is 4.79 Å². The molecule has 136 valence electrons. The van der Waals surface area contributed by atoms with Crippen molar-refractivity contribution in [2.75, 3.05) is 32.6 Å². The second kappa shape index (κ2) is 7.69. The second-order valence-electron chi connectivity index (χ2n) is 5.62. The highest BCUT2D eigenvalue weighted by molar-refractivity contribution is 5.97. The molecule has 1 aromatic carbocycles. The zero-order valence-electron chi connectivity index (χ0n) is 13.9. The van der Waals surface area contributed by atoms with Gasteiger partial charge in [-0.1, -0.05) is 0 Å². The number of nitro benzene ring substituents is 1. The Balaban J connectivity index is 2.30. The molecule has 0 bridgehead atoms. The van der Waals surface area contributed by atoms with E-state index in [1.807, 2.05) is 0 Å². The molecule has 1 aliphatic rings. The minimum Gasteiger partial charge on any atom is -0.494 e. The highest BCUT2D eigenvalue weighted by atomic mass is 16.6. The summed E-state index contributed by atoms with van der Waals surface area (Å²) in [7, 11) is 2.89. The maximum absolute atomic E-state index is 12.7. The number of likely N-dealkylation sites (tertiary alicyclic amines) is 1. The number of ether oxygens (including phenoxy) is 1. The molecule has 1 aromatic rings. The van der Waals surface area contributed by atoms with Gasteiger partial charge in [0.1, 0.15) is 5.75 Å². The Kier molecular flexibility index (Phi) is 5.63. The first-order valence-electron chi connectivity index (χ1n) is 7.70. The summed E-state index contributed by atoms with van der Waals surface area (Å²) >= 11 is 0. The van der Waals surface area contributed by atoms with Crippen molar-refractivity contribution >= 4 is 23.4 Å². The van der Waals surface area contributed by atoms with Gasteiger partial charge in [-0.15, -0.1) is 0 Å². The zero-order valence-corrected chi connectivity index (χ0v) is 13.9. The van der Waals surface area contributed by atoms with Crippen LogP contribution in [0.5, 0.6) is 5.75 Å². The van der Waals surface area contributed by atoms with Gasteiger partial charge in [0, 0.05) is 32.2 Å². The van der Waals surface area contributed by atoms with Crippen LogP contribution in [0.25, 0.3) is 0 Å². The van der Waals surface area contributed by atoms with Crippen LogP contribution in [0.2, 0.25) is 0 Å². The van der Waals surface area contributed by atoms with Crippen LogP contribution in [-0.4, -0.2) is 60.2 Å². The number of carboxylic acid groups (broad SMARTS) is 1. The molecule has 0 aliphatic carbocycles. The number of carbonyl (C=O) groups is 2. The van der Waals surface area contributed by atoms with Crippen LogP contribution in [0.15, 0.2) is 12.1 Å². The number of nitrogens with zero attached hydrogens (tertiary/aromatic N) is 2. The number of methoxy groups -OCH3 is 1. The number of nitro groups is 1. The zero-order chi connectivity index (χ0) is 18.6. The molecule has 25 heavy (non-hydrogen) atoms. The van der Waals surface area contributed by atoms with Crippen LogP contribution in [-0.2, 0) is 0 Å². The quantitative estimate of drug-likeness (QED) is 0.540. The standard InChI is InChI=1S/C15H20N4O6/c1-16-13-11(19(23)24)6-9(7-12(13)25-2)14(20)18-5-3-4-10(8-18)17-15(21)22/h6-7,10,16-17H,3-5,8H2,1-2H3,(H,21,22). The van der Waals surface area contributed by atoms with Gasteiger partial charge < -0.3 is 25.4 Å². The molecule has 1 heterocycles. The minimum atomic E-state index is -1.14. The van der Waals surface area contributed by atoms with Gasteiger partial charge >= 0.3 is 6.09 Å². The summed E-state index contributed by atoms with van der Waals surface area (Å²) in [5.41, 5.74) is 0.0501. The fraction of sp³-hybridized carbons (Fsp3) is 0.467. The molecular formula is C15H20N4O6. The van der Waals surface area contributed by atoms with Gasteiger partial charge in [0.15, 0.2) is 5.69 Å². The van der Waals surface area contributed by atoms with Crippen LogP contribution < -0.4 is 15.4 Å². The van der Waals surface area contributed by atoms with Gasteiger partial charge in [0.05, 0.1) is 17.6 Å². The number of benzene rings is 1. The summed E-state index contributed by atoms with van der Waals surface area (Å²) < 4.78 is 5.15. The van der Waals surface area contributed by atoms with Crippen LogP contribution >= 0.6 is 0 Å². The van der Waals surface area contributed by atoms with E-state index in [2.05, 4.69) is 10.6 Å². The van der Waals surface area contributed by atoms with E-state index in [9.17, 15) is 19.7 Å².